The molecule has 0 radical (unpaired) electrons. The Bertz CT molecular complexity index is 1440. The number of sulfone groups is 2. The molecule has 0 N–H and O–H groups in total. The van der Waals surface area contributed by atoms with E-state index in [2.05, 4.69) is 0 Å². The van der Waals surface area contributed by atoms with Crippen LogP contribution in [0.1, 0.15) is 24.2 Å². The van der Waals surface area contributed by atoms with Crippen molar-refractivity contribution in [3.8, 4) is 5.75 Å². The monoisotopic (exact) mass is 584 g/mol. The predicted octanol–water partition coefficient (Wildman–Crippen LogP) is 3.45. The normalized spacial score (nSPS) is 15.9. The highest BCUT2D eigenvalue weighted by atomic mass is 32.2. The summed E-state index contributed by atoms with van der Waals surface area (Å²) in [7, 11) is -7.81. The molecule has 1 saturated heterocycles. The van der Waals surface area contributed by atoms with Gasteiger partial charge >= 0.3 is 6.18 Å². The second-order valence-electron chi connectivity index (χ2n) is 8.65. The van der Waals surface area contributed by atoms with Gasteiger partial charge in [0.25, 0.3) is 5.91 Å². The minimum atomic E-state index is -4.74. The molecule has 1 unspecified atom stereocenters. The van der Waals surface area contributed by atoms with Crippen LogP contribution in [0.3, 0.4) is 0 Å². The number of nitrogens with zero attached hydrogens (tertiary/aromatic N) is 2. The number of amides is 1. The molecule has 0 spiro atoms. The summed E-state index contributed by atoms with van der Waals surface area (Å²) in [5, 5.41) is 0. The summed E-state index contributed by atoms with van der Waals surface area (Å²) in [6.45, 7) is 1.83. The van der Waals surface area contributed by atoms with Crippen molar-refractivity contribution in [2.45, 2.75) is 35.9 Å². The maximum absolute atomic E-state index is 14.7. The first-order chi connectivity index (χ1) is 17.5. The summed E-state index contributed by atoms with van der Waals surface area (Å²) in [4.78, 5) is 14.8. The van der Waals surface area contributed by atoms with Crippen LogP contribution in [-0.4, -0.2) is 78.1 Å². The second-order valence-corrected chi connectivity index (χ2v) is 12.9. The lowest BCUT2D eigenvalue weighted by Crippen LogP contribution is -2.49. The lowest BCUT2D eigenvalue weighted by Gasteiger charge is -2.36. The Hall–Kier alpha value is -2.94. The highest BCUT2D eigenvalue weighted by Gasteiger charge is 2.39. The number of carbonyl (C=O) groups excluding carboxylic acids is 1. The molecule has 0 aromatic heterocycles. The number of hydrogen-bond acceptors (Lipinski definition) is 7. The van der Waals surface area contributed by atoms with Gasteiger partial charge in [-0.05, 0) is 31.2 Å². The van der Waals surface area contributed by atoms with Gasteiger partial charge in [-0.15, -0.1) is 0 Å². The molecule has 3 rings (SSSR count). The maximum Gasteiger partial charge on any atom is 0.425 e. The van der Waals surface area contributed by atoms with E-state index in [1.165, 1.54) is 16.7 Å². The Balaban J connectivity index is 1.86. The minimum absolute atomic E-state index is 0.0249. The van der Waals surface area contributed by atoms with Crippen LogP contribution in [0.4, 0.5) is 27.6 Å². The van der Waals surface area contributed by atoms with Gasteiger partial charge in [-0.25, -0.2) is 25.6 Å². The molecular formula is C23H25F5N2O6S2. The molecule has 0 bridgehead atoms. The third-order valence-electron chi connectivity index (χ3n) is 6.00. The molecule has 1 heterocycles. The largest absolute Gasteiger partial charge is 0.480 e. The highest BCUT2D eigenvalue weighted by Crippen LogP contribution is 2.31. The number of rotatable bonds is 7. The van der Waals surface area contributed by atoms with E-state index in [1.54, 1.807) is 0 Å². The number of ether oxygens (including phenoxy) is 1. The molecule has 8 nitrogen and oxygen atoms in total. The van der Waals surface area contributed by atoms with Crippen molar-refractivity contribution in [1.29, 1.82) is 0 Å². The van der Waals surface area contributed by atoms with Gasteiger partial charge in [-0.2, -0.15) is 13.2 Å². The molecule has 1 aliphatic heterocycles. The summed E-state index contributed by atoms with van der Waals surface area (Å²) < 4.78 is 121. The number of anilines is 1. The molecule has 1 atom stereocenters. The maximum atomic E-state index is 14.7. The smallest absolute Gasteiger partial charge is 0.425 e. The summed E-state index contributed by atoms with van der Waals surface area (Å²) in [5.41, 5.74) is -0.615. The van der Waals surface area contributed by atoms with Crippen LogP contribution in [0.5, 0.6) is 5.75 Å². The number of piperazine rings is 1. The zero-order valence-electron chi connectivity index (χ0n) is 20.5. The van der Waals surface area contributed by atoms with E-state index in [0.29, 0.717) is 6.07 Å². The fourth-order valence-corrected chi connectivity index (χ4v) is 5.34. The summed E-state index contributed by atoms with van der Waals surface area (Å²) in [6, 6.07) is 4.30. The number of halogens is 5. The average molecular weight is 585 g/mol. The van der Waals surface area contributed by atoms with Crippen molar-refractivity contribution in [1.82, 2.24) is 4.90 Å². The average Bonchev–Trinajstić information content (AvgIpc) is 2.83. The molecule has 210 valence electrons. The molecule has 2 aromatic rings. The first-order valence-electron chi connectivity index (χ1n) is 11.3. The molecule has 38 heavy (non-hydrogen) atoms. The van der Waals surface area contributed by atoms with Crippen LogP contribution in [-0.2, 0) is 19.7 Å². The van der Waals surface area contributed by atoms with Crippen LogP contribution >= 0.6 is 0 Å². The van der Waals surface area contributed by atoms with Crippen LogP contribution in [0, 0.1) is 11.6 Å². The van der Waals surface area contributed by atoms with Crippen LogP contribution in [0.2, 0.25) is 0 Å². The highest BCUT2D eigenvalue weighted by molar-refractivity contribution is 7.91. The molecule has 15 heteroatoms. The molecule has 1 aliphatic rings. The molecule has 2 aromatic carbocycles. The standard InChI is InChI=1S/C23H25F5N2O6S2/c1-4-38(34,35)21-13-17(24)19(12-18(21)25)29-7-9-30(10-8-29)22(31)16-11-15(37(3,32)33)5-6-20(16)36-14(2)23(26,27)28/h5-6,11-14H,4,7-10H2,1-3H3. The fourth-order valence-electron chi connectivity index (χ4n) is 3.74. The van der Waals surface area contributed by atoms with Crippen LogP contribution in [0.15, 0.2) is 40.1 Å². The van der Waals surface area contributed by atoms with Crippen molar-refractivity contribution < 1.29 is 48.3 Å². The van der Waals surface area contributed by atoms with Gasteiger partial charge in [0.05, 0.1) is 21.9 Å². The molecule has 1 fully saturated rings. The Morgan fingerprint density at radius 3 is 2.13 bits per heavy atom. The Morgan fingerprint density at radius 2 is 1.61 bits per heavy atom. The number of carbonyl (C=O) groups is 1. The molecule has 0 saturated carbocycles. The van der Waals surface area contributed by atoms with E-state index in [4.69, 9.17) is 4.74 Å². The Labute approximate surface area is 216 Å². The van der Waals surface area contributed by atoms with Gasteiger partial charge in [0, 0.05) is 38.5 Å². The molecular weight excluding hydrogens is 559 g/mol. The van der Waals surface area contributed by atoms with Crippen LogP contribution in [0.25, 0.3) is 0 Å². The lowest BCUT2D eigenvalue weighted by molar-refractivity contribution is -0.189. The van der Waals surface area contributed by atoms with E-state index >= 15 is 0 Å². The first-order valence-corrected chi connectivity index (χ1v) is 14.8. The summed E-state index contributed by atoms with van der Waals surface area (Å²) in [5.74, 6) is -3.79. The first kappa shape index (κ1) is 29.6. The van der Waals surface area contributed by atoms with Gasteiger partial charge in [0.15, 0.2) is 25.8 Å². The SMILES string of the molecule is CCS(=O)(=O)c1cc(F)c(N2CCN(C(=O)c3cc(S(C)(=O)=O)ccc3OC(C)C(F)(F)F)CC2)cc1F. The second kappa shape index (κ2) is 10.7. The van der Waals surface area contributed by atoms with Gasteiger partial charge in [-0.1, -0.05) is 6.92 Å². The lowest BCUT2D eigenvalue weighted by atomic mass is 10.1. The number of alkyl halides is 3. The van der Waals surface area contributed by atoms with Crippen molar-refractivity contribution in [3.63, 3.8) is 0 Å². The van der Waals surface area contributed by atoms with E-state index in [9.17, 15) is 43.6 Å². The zero-order chi connectivity index (χ0) is 28.6. The third kappa shape index (κ3) is 6.37. The van der Waals surface area contributed by atoms with E-state index in [0.717, 1.165) is 37.4 Å². The van der Waals surface area contributed by atoms with Crippen molar-refractivity contribution in [2.75, 3.05) is 43.1 Å². The third-order valence-corrected chi connectivity index (χ3v) is 8.85. The van der Waals surface area contributed by atoms with Crippen molar-refractivity contribution in [2.24, 2.45) is 0 Å². The topological polar surface area (TPSA) is 101 Å². The number of benzene rings is 2. The van der Waals surface area contributed by atoms with Crippen molar-refractivity contribution >= 4 is 31.3 Å². The summed E-state index contributed by atoms with van der Waals surface area (Å²) >= 11 is 0. The van der Waals surface area contributed by atoms with Crippen LogP contribution < -0.4 is 9.64 Å². The van der Waals surface area contributed by atoms with Gasteiger partial charge < -0.3 is 14.5 Å². The fraction of sp³-hybridized carbons (Fsp3) is 0.435. The molecule has 0 aliphatic carbocycles. The van der Waals surface area contributed by atoms with E-state index < -0.39 is 71.5 Å². The number of hydrogen-bond donors (Lipinski definition) is 0. The van der Waals surface area contributed by atoms with E-state index in [1.807, 2.05) is 0 Å². The quantitative estimate of drug-likeness (QED) is 0.460. The predicted molar refractivity (Wildman–Crippen MR) is 128 cm³/mol. The molecule has 1 amide bonds. The van der Waals surface area contributed by atoms with Gasteiger partial charge in [0.1, 0.15) is 22.3 Å². The Morgan fingerprint density at radius 1 is 1.00 bits per heavy atom. The van der Waals surface area contributed by atoms with E-state index in [-0.39, 0.29) is 36.8 Å². The zero-order valence-corrected chi connectivity index (χ0v) is 22.2. The minimum Gasteiger partial charge on any atom is -0.480 e. The van der Waals surface area contributed by atoms with Crippen molar-refractivity contribution in [3.05, 3.63) is 47.5 Å². The van der Waals surface area contributed by atoms with Gasteiger partial charge in [0.2, 0.25) is 0 Å². The van der Waals surface area contributed by atoms with Gasteiger partial charge in [-0.3, -0.25) is 4.79 Å². The summed E-state index contributed by atoms with van der Waals surface area (Å²) in [6.07, 6.45) is -6.15. The Kier molecular flexibility index (Phi) is 8.32.